The van der Waals surface area contributed by atoms with Crippen LogP contribution < -0.4 is 9.47 Å². The Bertz CT molecular complexity index is 582. The van der Waals surface area contributed by atoms with E-state index in [0.29, 0.717) is 11.3 Å². The maximum atomic E-state index is 13.9. The Hall–Kier alpha value is -2.10. The van der Waals surface area contributed by atoms with E-state index in [1.54, 1.807) is 25.1 Å². The summed E-state index contributed by atoms with van der Waals surface area (Å²) in [7, 11) is 1.40. The lowest BCUT2D eigenvalue weighted by atomic mass is 10.2. The largest absolute Gasteiger partial charge is 0.494 e. The van der Waals surface area contributed by atoms with E-state index in [9.17, 15) is 8.78 Å². The van der Waals surface area contributed by atoms with Crippen molar-refractivity contribution >= 4 is 0 Å². The fraction of sp³-hybridized carbons (Fsp3) is 0.200. The van der Waals surface area contributed by atoms with Crippen LogP contribution in [0.15, 0.2) is 36.4 Å². The van der Waals surface area contributed by atoms with Gasteiger partial charge in [-0.15, -0.1) is 0 Å². The van der Waals surface area contributed by atoms with Crippen LogP contribution in [0, 0.1) is 18.6 Å². The third-order valence-electron chi connectivity index (χ3n) is 2.80. The highest BCUT2D eigenvalue weighted by atomic mass is 19.1. The van der Waals surface area contributed by atoms with Crippen LogP contribution in [0.2, 0.25) is 0 Å². The van der Waals surface area contributed by atoms with Crippen LogP contribution in [-0.4, -0.2) is 7.11 Å². The van der Waals surface area contributed by atoms with E-state index in [1.807, 2.05) is 0 Å². The first kappa shape index (κ1) is 13.3. The first-order valence-corrected chi connectivity index (χ1v) is 5.82. The Balaban J connectivity index is 2.17. The maximum Gasteiger partial charge on any atom is 0.171 e. The van der Waals surface area contributed by atoms with E-state index >= 15 is 0 Å². The molecule has 0 aromatic heterocycles. The third kappa shape index (κ3) is 3.02. The lowest BCUT2D eigenvalue weighted by molar-refractivity contribution is 0.292. The summed E-state index contributed by atoms with van der Waals surface area (Å²) in [6, 6.07) is 9.08. The number of halogens is 2. The van der Waals surface area contributed by atoms with E-state index in [0.717, 1.165) is 5.56 Å². The number of aryl methyl sites for hydroxylation is 1. The molecule has 2 rings (SSSR count). The SMILES string of the molecule is COc1cccc(COc2cc(F)ccc2C)c1F. The molecule has 0 N–H and O–H groups in total. The molecule has 100 valence electrons. The van der Waals surface area contributed by atoms with Gasteiger partial charge >= 0.3 is 0 Å². The first-order chi connectivity index (χ1) is 9.11. The summed E-state index contributed by atoms with van der Waals surface area (Å²) in [5.74, 6) is -0.273. The van der Waals surface area contributed by atoms with Crippen molar-refractivity contribution in [1.29, 1.82) is 0 Å². The van der Waals surface area contributed by atoms with Crippen molar-refractivity contribution in [3.8, 4) is 11.5 Å². The molecule has 0 unspecified atom stereocenters. The van der Waals surface area contributed by atoms with Gasteiger partial charge in [-0.05, 0) is 24.6 Å². The van der Waals surface area contributed by atoms with E-state index in [4.69, 9.17) is 9.47 Å². The second kappa shape index (κ2) is 5.69. The molecule has 0 spiro atoms. The summed E-state index contributed by atoms with van der Waals surface area (Å²) in [6.07, 6.45) is 0. The van der Waals surface area contributed by atoms with Gasteiger partial charge in [0, 0.05) is 11.6 Å². The van der Waals surface area contributed by atoms with Crippen molar-refractivity contribution in [2.75, 3.05) is 7.11 Å². The Labute approximate surface area is 110 Å². The third-order valence-corrected chi connectivity index (χ3v) is 2.80. The minimum absolute atomic E-state index is 0.0212. The summed E-state index contributed by atoms with van der Waals surface area (Å²) < 4.78 is 37.3. The van der Waals surface area contributed by atoms with Gasteiger partial charge in [-0.1, -0.05) is 18.2 Å². The Morgan fingerprint density at radius 3 is 2.58 bits per heavy atom. The van der Waals surface area contributed by atoms with Gasteiger partial charge in [0.2, 0.25) is 0 Å². The average molecular weight is 264 g/mol. The zero-order chi connectivity index (χ0) is 13.8. The summed E-state index contributed by atoms with van der Waals surface area (Å²) in [5.41, 5.74) is 1.16. The average Bonchev–Trinajstić information content (AvgIpc) is 2.41. The van der Waals surface area contributed by atoms with Crippen molar-refractivity contribution in [2.24, 2.45) is 0 Å². The predicted molar refractivity (Wildman–Crippen MR) is 68.4 cm³/mol. The van der Waals surface area contributed by atoms with Crippen LogP contribution in [0.1, 0.15) is 11.1 Å². The highest BCUT2D eigenvalue weighted by molar-refractivity contribution is 5.34. The minimum atomic E-state index is -0.459. The van der Waals surface area contributed by atoms with E-state index in [2.05, 4.69) is 0 Å². The normalized spacial score (nSPS) is 10.3. The molecule has 2 aromatic rings. The Morgan fingerprint density at radius 2 is 1.84 bits per heavy atom. The van der Waals surface area contributed by atoms with Gasteiger partial charge in [0.1, 0.15) is 18.2 Å². The smallest absolute Gasteiger partial charge is 0.171 e. The van der Waals surface area contributed by atoms with Crippen molar-refractivity contribution in [3.63, 3.8) is 0 Å². The lowest BCUT2D eigenvalue weighted by Gasteiger charge is -2.11. The van der Waals surface area contributed by atoms with Gasteiger partial charge in [-0.3, -0.25) is 0 Å². The van der Waals surface area contributed by atoms with Gasteiger partial charge in [0.25, 0.3) is 0 Å². The van der Waals surface area contributed by atoms with Crippen molar-refractivity contribution < 1.29 is 18.3 Å². The Kier molecular flexibility index (Phi) is 4.00. The maximum absolute atomic E-state index is 13.9. The van der Waals surface area contributed by atoms with Crippen LogP contribution in [0.3, 0.4) is 0 Å². The molecule has 4 heteroatoms. The highest BCUT2D eigenvalue weighted by Crippen LogP contribution is 2.23. The van der Waals surface area contributed by atoms with Crippen molar-refractivity contribution in [2.45, 2.75) is 13.5 Å². The molecular weight excluding hydrogens is 250 g/mol. The summed E-state index contributed by atoms with van der Waals surface area (Å²) in [4.78, 5) is 0. The van der Waals surface area contributed by atoms with Gasteiger partial charge < -0.3 is 9.47 Å². The molecule has 0 atom stereocenters. The fourth-order valence-corrected chi connectivity index (χ4v) is 1.71. The fourth-order valence-electron chi connectivity index (χ4n) is 1.71. The highest BCUT2D eigenvalue weighted by Gasteiger charge is 2.09. The number of hydrogen-bond donors (Lipinski definition) is 0. The first-order valence-electron chi connectivity index (χ1n) is 5.82. The number of rotatable bonds is 4. The van der Waals surface area contributed by atoms with E-state index in [-0.39, 0.29) is 18.2 Å². The second-order valence-corrected chi connectivity index (χ2v) is 4.13. The van der Waals surface area contributed by atoms with Crippen LogP contribution >= 0.6 is 0 Å². The van der Waals surface area contributed by atoms with E-state index < -0.39 is 5.82 Å². The van der Waals surface area contributed by atoms with Gasteiger partial charge in [0.05, 0.1) is 7.11 Å². The summed E-state index contributed by atoms with van der Waals surface area (Å²) >= 11 is 0. The predicted octanol–water partition coefficient (Wildman–Crippen LogP) is 3.86. The minimum Gasteiger partial charge on any atom is -0.494 e. The van der Waals surface area contributed by atoms with Gasteiger partial charge in [-0.2, -0.15) is 0 Å². The monoisotopic (exact) mass is 264 g/mol. The standard InChI is InChI=1S/C15H14F2O2/c1-10-6-7-12(16)8-14(10)19-9-11-4-3-5-13(18-2)15(11)17/h3-8H,9H2,1-2H3. The number of methoxy groups -OCH3 is 1. The van der Waals surface area contributed by atoms with Crippen LogP contribution in [-0.2, 0) is 6.61 Å². The number of hydrogen-bond acceptors (Lipinski definition) is 2. The molecule has 19 heavy (non-hydrogen) atoms. The van der Waals surface area contributed by atoms with Crippen LogP contribution in [0.25, 0.3) is 0 Å². The number of ether oxygens (including phenoxy) is 2. The summed E-state index contributed by atoms with van der Waals surface area (Å²) in [6.45, 7) is 1.82. The van der Waals surface area contributed by atoms with Crippen molar-refractivity contribution in [1.82, 2.24) is 0 Å². The topological polar surface area (TPSA) is 18.5 Å². The van der Waals surface area contributed by atoms with Crippen LogP contribution in [0.5, 0.6) is 11.5 Å². The molecule has 0 saturated heterocycles. The molecule has 0 fully saturated rings. The molecule has 0 saturated carbocycles. The molecular formula is C15H14F2O2. The van der Waals surface area contributed by atoms with Gasteiger partial charge in [0.15, 0.2) is 11.6 Å². The zero-order valence-electron chi connectivity index (χ0n) is 10.7. The molecule has 0 aliphatic heterocycles. The van der Waals surface area contributed by atoms with Crippen molar-refractivity contribution in [3.05, 3.63) is 59.2 Å². The molecule has 2 aromatic carbocycles. The lowest BCUT2D eigenvalue weighted by Crippen LogP contribution is -2.01. The molecule has 0 aliphatic carbocycles. The van der Waals surface area contributed by atoms with Crippen LogP contribution in [0.4, 0.5) is 8.78 Å². The quantitative estimate of drug-likeness (QED) is 0.834. The number of benzene rings is 2. The molecule has 0 aliphatic rings. The molecule has 0 bridgehead atoms. The molecule has 0 amide bonds. The van der Waals surface area contributed by atoms with E-state index in [1.165, 1.54) is 25.3 Å². The molecule has 0 radical (unpaired) electrons. The zero-order valence-corrected chi connectivity index (χ0v) is 10.7. The summed E-state index contributed by atoms with van der Waals surface area (Å²) in [5, 5.41) is 0. The Morgan fingerprint density at radius 1 is 1.05 bits per heavy atom. The molecule has 0 heterocycles. The van der Waals surface area contributed by atoms with Gasteiger partial charge in [-0.25, -0.2) is 8.78 Å². The molecule has 2 nitrogen and oxygen atoms in total. The second-order valence-electron chi connectivity index (χ2n) is 4.13.